The van der Waals surface area contributed by atoms with Crippen molar-refractivity contribution in [2.45, 2.75) is 91.3 Å². The molecule has 1 aromatic carbocycles. The summed E-state index contributed by atoms with van der Waals surface area (Å²) < 4.78 is 43.4. The topological polar surface area (TPSA) is 233 Å². The molecule has 1 saturated heterocycles. The molecule has 5 atom stereocenters. The van der Waals surface area contributed by atoms with Crippen molar-refractivity contribution in [3.63, 3.8) is 0 Å². The first-order chi connectivity index (χ1) is 23.3. The number of azide groups is 1. The molecule has 0 bridgehead atoms. The summed E-state index contributed by atoms with van der Waals surface area (Å²) in [6, 6.07) is 4.81. The lowest BCUT2D eigenvalue weighted by Gasteiger charge is -2.23. The number of phosphoric acid groups is 1. The summed E-state index contributed by atoms with van der Waals surface area (Å²) in [5.41, 5.74) is 7.55. The fourth-order valence-electron chi connectivity index (χ4n) is 4.51. The predicted molar refractivity (Wildman–Crippen MR) is 185 cm³/mol. The summed E-state index contributed by atoms with van der Waals surface area (Å²) in [4.78, 5) is 53.9. The van der Waals surface area contributed by atoms with E-state index in [1.807, 2.05) is 0 Å². The number of amides is 1. The summed E-state index contributed by atoms with van der Waals surface area (Å²) in [6.45, 7) is 11.1. The van der Waals surface area contributed by atoms with E-state index in [1.54, 1.807) is 53.7 Å². The maximum atomic E-state index is 14.0. The number of carbonyl (C=O) groups excluding carboxylic acids is 2. The van der Waals surface area contributed by atoms with Gasteiger partial charge in [0, 0.05) is 34.3 Å². The fraction of sp³-hybridized carbons (Fsp3) is 0.613. The van der Waals surface area contributed by atoms with Gasteiger partial charge in [0.2, 0.25) is 0 Å². The first-order valence-corrected chi connectivity index (χ1v) is 18.2. The molecule has 1 aliphatic rings. The minimum Gasteiger partial charge on any atom is -0.444 e. The average Bonchev–Trinajstić information content (AvgIpc) is 3.41. The molecule has 19 heteroatoms. The SMILES string of the molecule is Cc1cn([C@H]2CC(N=[N+]=[N-])[C@@H](COP(=O)(OCCSC(=O)C(C)(C)C)Oc3ccc(C[C@@H](CO)NC(=O)OC(C)(C)C)cc3)O2)c(=O)[nH]c1=O. The van der Waals surface area contributed by atoms with Crippen LogP contribution < -0.4 is 21.1 Å². The van der Waals surface area contributed by atoms with Crippen molar-refractivity contribution in [3.05, 3.63) is 72.9 Å². The highest BCUT2D eigenvalue weighted by Gasteiger charge is 2.40. The summed E-state index contributed by atoms with van der Waals surface area (Å²) >= 11 is 1.01. The smallest absolute Gasteiger partial charge is 0.444 e. The number of nitrogens with zero attached hydrogens (tertiary/aromatic N) is 4. The predicted octanol–water partition coefficient (Wildman–Crippen LogP) is 4.77. The van der Waals surface area contributed by atoms with Gasteiger partial charge in [0.25, 0.3) is 5.56 Å². The van der Waals surface area contributed by atoms with Crippen molar-refractivity contribution in [2.75, 3.05) is 25.6 Å². The maximum absolute atomic E-state index is 14.0. The number of ether oxygens (including phenoxy) is 2. The van der Waals surface area contributed by atoms with E-state index in [0.717, 1.165) is 11.8 Å². The molecule has 0 saturated carbocycles. The Bertz CT molecular complexity index is 1700. The van der Waals surface area contributed by atoms with Gasteiger partial charge in [-0.25, -0.2) is 14.2 Å². The van der Waals surface area contributed by atoms with Crippen molar-refractivity contribution >= 4 is 30.8 Å². The first-order valence-electron chi connectivity index (χ1n) is 15.8. The number of H-pyrrole nitrogens is 1. The lowest BCUT2D eigenvalue weighted by molar-refractivity contribution is -0.117. The summed E-state index contributed by atoms with van der Waals surface area (Å²) in [5.74, 6) is 0.250. The number of aromatic nitrogens is 2. The molecule has 17 nitrogen and oxygen atoms in total. The number of thioether (sulfide) groups is 1. The second-order valence-corrected chi connectivity index (χ2v) is 16.2. The van der Waals surface area contributed by atoms with Crippen LogP contribution in [-0.2, 0) is 34.3 Å². The third-order valence-electron chi connectivity index (χ3n) is 7.00. The Labute approximate surface area is 293 Å². The zero-order chi connectivity index (χ0) is 37.3. The summed E-state index contributed by atoms with van der Waals surface area (Å²) in [6.07, 6.45) is -0.949. The molecule has 2 heterocycles. The molecule has 50 heavy (non-hydrogen) atoms. The lowest BCUT2D eigenvalue weighted by Crippen LogP contribution is -2.42. The van der Waals surface area contributed by atoms with Crippen molar-refractivity contribution < 1.29 is 42.3 Å². The van der Waals surface area contributed by atoms with Gasteiger partial charge in [-0.15, -0.1) is 0 Å². The van der Waals surface area contributed by atoms with Crippen LogP contribution in [0.2, 0.25) is 0 Å². The van der Waals surface area contributed by atoms with E-state index < -0.39 is 67.2 Å². The third kappa shape index (κ3) is 12.6. The van der Waals surface area contributed by atoms with E-state index in [4.69, 9.17) is 28.6 Å². The van der Waals surface area contributed by atoms with Gasteiger partial charge >= 0.3 is 19.6 Å². The number of aryl methyl sites for hydroxylation is 1. The van der Waals surface area contributed by atoms with E-state index >= 15 is 0 Å². The number of phosphoric ester groups is 1. The second-order valence-electron chi connectivity index (χ2n) is 13.5. The van der Waals surface area contributed by atoms with E-state index in [9.17, 15) is 28.8 Å². The molecule has 1 aliphatic heterocycles. The van der Waals surface area contributed by atoms with Crippen molar-refractivity contribution in [2.24, 2.45) is 10.5 Å². The molecule has 0 radical (unpaired) electrons. The van der Waals surface area contributed by atoms with Crippen LogP contribution in [0.4, 0.5) is 4.79 Å². The van der Waals surface area contributed by atoms with Crippen molar-refractivity contribution in [3.8, 4) is 5.75 Å². The Balaban J connectivity index is 1.75. The van der Waals surface area contributed by atoms with E-state index in [-0.39, 0.29) is 48.2 Å². The molecule has 0 aliphatic carbocycles. The largest absolute Gasteiger partial charge is 0.530 e. The summed E-state index contributed by atoms with van der Waals surface area (Å²) in [7, 11) is -4.41. The zero-order valence-corrected chi connectivity index (χ0v) is 30.8. The Morgan fingerprint density at radius 2 is 1.88 bits per heavy atom. The van der Waals surface area contributed by atoms with Crippen LogP contribution in [0.5, 0.6) is 5.75 Å². The first kappa shape index (κ1) is 40.8. The molecule has 1 aromatic heterocycles. The second kappa shape index (κ2) is 17.5. The van der Waals surface area contributed by atoms with Gasteiger partial charge in [-0.05, 0) is 57.3 Å². The summed E-state index contributed by atoms with van der Waals surface area (Å²) in [5, 5.41) is 16.1. The molecule has 0 spiro atoms. The quantitative estimate of drug-likeness (QED) is 0.0737. The van der Waals surface area contributed by atoms with Gasteiger partial charge in [-0.2, -0.15) is 0 Å². The van der Waals surface area contributed by atoms with Crippen LogP contribution in [0.25, 0.3) is 10.4 Å². The van der Waals surface area contributed by atoms with E-state index in [2.05, 4.69) is 20.3 Å². The normalized spacial score (nSPS) is 19.6. The Morgan fingerprint density at radius 1 is 1.20 bits per heavy atom. The molecular weight excluding hydrogens is 695 g/mol. The van der Waals surface area contributed by atoms with E-state index in [0.29, 0.717) is 5.56 Å². The Hall–Kier alpha value is -3.63. The molecule has 3 N–H and O–H groups in total. The number of alkyl carbamates (subject to hydrolysis) is 1. The number of hydrogen-bond donors (Lipinski definition) is 3. The van der Waals surface area contributed by atoms with Crippen LogP contribution in [0, 0.1) is 12.3 Å². The molecule has 2 unspecified atom stereocenters. The van der Waals surface area contributed by atoms with Gasteiger partial charge in [0.15, 0.2) is 5.12 Å². The molecular formula is C31H45N6O11PS. The fourth-order valence-corrected chi connectivity index (χ4v) is 6.63. The lowest BCUT2D eigenvalue weighted by atomic mass is 10.00. The van der Waals surface area contributed by atoms with Gasteiger partial charge in [0.05, 0.1) is 38.0 Å². The van der Waals surface area contributed by atoms with Crippen LogP contribution in [-0.4, -0.2) is 75.2 Å². The molecule has 3 rings (SSSR count). The number of benzene rings is 1. The maximum Gasteiger partial charge on any atom is 0.530 e. The Morgan fingerprint density at radius 3 is 2.48 bits per heavy atom. The van der Waals surface area contributed by atoms with Gasteiger partial charge in [0.1, 0.15) is 17.6 Å². The highest BCUT2D eigenvalue weighted by Crippen LogP contribution is 2.50. The number of aliphatic hydroxyl groups excluding tert-OH is 1. The number of nitrogens with one attached hydrogen (secondary N) is 2. The number of aromatic amines is 1. The van der Waals surface area contributed by atoms with Crippen LogP contribution in [0.3, 0.4) is 0 Å². The zero-order valence-electron chi connectivity index (χ0n) is 29.1. The van der Waals surface area contributed by atoms with Gasteiger partial charge < -0.3 is 24.4 Å². The van der Waals surface area contributed by atoms with Gasteiger partial charge in [-0.3, -0.25) is 28.2 Å². The van der Waals surface area contributed by atoms with Gasteiger partial charge in [-0.1, -0.05) is 49.8 Å². The standard InChI is InChI=1S/C31H45N6O11PS/c1-19-16-37(28(41)34-26(19)39)25-15-23(35-36-32)24(46-25)18-45-49(43,44-12-13-50-27(40)30(2,3)4)48-22-10-8-20(9-11-22)14-21(17-38)33-29(42)47-31(5,6)7/h8-11,16,21,23-25,38H,12-15,17-18H2,1-7H3,(H,33,42)(H,34,39,41)/t21-,23?,24+,25+,49?/m0/s1. The van der Waals surface area contributed by atoms with E-state index in [1.165, 1.54) is 29.8 Å². The number of carbonyl (C=O) groups is 2. The van der Waals surface area contributed by atoms with Crippen molar-refractivity contribution in [1.82, 2.24) is 14.9 Å². The Kier molecular flexibility index (Phi) is 14.3. The highest BCUT2D eigenvalue weighted by molar-refractivity contribution is 8.13. The molecule has 276 valence electrons. The minimum atomic E-state index is -4.41. The van der Waals surface area contributed by atoms with Crippen molar-refractivity contribution in [1.29, 1.82) is 0 Å². The third-order valence-corrected chi connectivity index (χ3v) is 9.64. The minimum absolute atomic E-state index is 0.0557. The number of hydrogen-bond acceptors (Lipinski definition) is 13. The van der Waals surface area contributed by atoms with Crippen LogP contribution >= 0.6 is 19.6 Å². The number of aliphatic hydroxyl groups is 1. The monoisotopic (exact) mass is 740 g/mol. The molecule has 1 amide bonds. The molecule has 1 fully saturated rings. The number of rotatable bonds is 15. The average molecular weight is 741 g/mol. The van der Waals surface area contributed by atoms with Crippen LogP contribution in [0.1, 0.15) is 65.3 Å². The highest BCUT2D eigenvalue weighted by atomic mass is 32.2. The molecule has 2 aromatic rings. The van der Waals surface area contributed by atoms with Crippen LogP contribution in [0.15, 0.2) is 45.2 Å².